The normalized spacial score (nSPS) is 12.0. The van der Waals surface area contributed by atoms with Crippen LogP contribution in [-0.2, 0) is 32.6 Å². The number of carbonyl (C=O) groups is 2. The SMILES string of the molecule is CCCNC(=O)[C@H](Cc1ccccc1)N(Cc1cccc(C)c1)C(=O)CN(c1cc(Cl)cc(Cl)c1)S(C)(=O)=O. The number of nitrogens with one attached hydrogen (secondary N) is 1. The van der Waals surface area contributed by atoms with E-state index in [-0.39, 0.29) is 34.6 Å². The van der Waals surface area contributed by atoms with Crippen LogP contribution in [0.4, 0.5) is 5.69 Å². The van der Waals surface area contributed by atoms with E-state index in [2.05, 4.69) is 5.32 Å². The first-order valence-corrected chi connectivity index (χ1v) is 15.2. The van der Waals surface area contributed by atoms with Crippen LogP contribution in [0.5, 0.6) is 0 Å². The molecule has 1 atom stereocenters. The maximum Gasteiger partial charge on any atom is 0.244 e. The van der Waals surface area contributed by atoms with Crippen LogP contribution >= 0.6 is 23.2 Å². The number of hydrogen-bond acceptors (Lipinski definition) is 4. The predicted molar refractivity (Wildman–Crippen MR) is 158 cm³/mol. The monoisotopic (exact) mass is 589 g/mol. The van der Waals surface area contributed by atoms with Crippen LogP contribution < -0.4 is 9.62 Å². The van der Waals surface area contributed by atoms with Crippen molar-refractivity contribution in [2.24, 2.45) is 0 Å². The number of aryl methyl sites for hydroxylation is 1. The second-order valence-electron chi connectivity index (χ2n) is 9.40. The standard InChI is InChI=1S/C29H33Cl2N3O4S/c1-4-13-32-29(36)27(15-22-10-6-5-7-11-22)33(19-23-12-8-9-21(2)14-23)28(35)20-34(39(3,37)38)26-17-24(30)16-25(31)18-26/h5-12,14,16-18,27H,4,13,15,19-20H2,1-3H3,(H,32,36)/t27-/m0/s1. The van der Waals surface area contributed by atoms with Gasteiger partial charge in [0.05, 0.1) is 11.9 Å². The smallest absolute Gasteiger partial charge is 0.244 e. The van der Waals surface area contributed by atoms with Crippen molar-refractivity contribution in [3.05, 3.63) is 99.5 Å². The third-order valence-electron chi connectivity index (χ3n) is 6.07. The van der Waals surface area contributed by atoms with E-state index in [9.17, 15) is 18.0 Å². The number of sulfonamides is 1. The maximum absolute atomic E-state index is 14.0. The molecular formula is C29H33Cl2N3O4S. The topological polar surface area (TPSA) is 86.8 Å². The van der Waals surface area contributed by atoms with Crippen molar-refractivity contribution in [2.75, 3.05) is 23.7 Å². The second kappa shape index (κ2) is 13.8. The van der Waals surface area contributed by atoms with E-state index in [1.807, 2.05) is 68.4 Å². The van der Waals surface area contributed by atoms with Crippen LogP contribution in [0.2, 0.25) is 10.0 Å². The van der Waals surface area contributed by atoms with Gasteiger partial charge >= 0.3 is 0 Å². The van der Waals surface area contributed by atoms with E-state index in [0.29, 0.717) is 6.54 Å². The summed E-state index contributed by atoms with van der Waals surface area (Å²) in [4.78, 5) is 29.0. The minimum atomic E-state index is -3.91. The highest BCUT2D eigenvalue weighted by Gasteiger charge is 2.33. The molecule has 0 aliphatic rings. The van der Waals surface area contributed by atoms with Crippen LogP contribution in [0.3, 0.4) is 0 Å². The molecule has 1 N–H and O–H groups in total. The number of nitrogens with zero attached hydrogens (tertiary/aromatic N) is 2. The number of halogens is 2. The highest BCUT2D eigenvalue weighted by atomic mass is 35.5. The molecule has 3 aromatic rings. The van der Waals surface area contributed by atoms with Crippen molar-refractivity contribution < 1.29 is 18.0 Å². The molecule has 0 heterocycles. The zero-order chi connectivity index (χ0) is 28.6. The lowest BCUT2D eigenvalue weighted by Crippen LogP contribution is -2.53. The molecular weight excluding hydrogens is 557 g/mol. The Bertz CT molecular complexity index is 1380. The summed E-state index contributed by atoms with van der Waals surface area (Å²) in [6.45, 7) is 3.92. The van der Waals surface area contributed by atoms with E-state index in [4.69, 9.17) is 23.2 Å². The van der Waals surface area contributed by atoms with Gasteiger partial charge in [0.2, 0.25) is 21.8 Å². The fourth-order valence-electron chi connectivity index (χ4n) is 4.22. The Morgan fingerprint density at radius 3 is 2.15 bits per heavy atom. The van der Waals surface area contributed by atoms with Crippen LogP contribution in [0.15, 0.2) is 72.8 Å². The van der Waals surface area contributed by atoms with Gasteiger partial charge in [0.25, 0.3) is 0 Å². The second-order valence-corrected chi connectivity index (χ2v) is 12.2. The molecule has 0 saturated carbocycles. The molecule has 0 radical (unpaired) electrons. The van der Waals surface area contributed by atoms with Gasteiger partial charge in [0.1, 0.15) is 12.6 Å². The Kier molecular flexibility index (Phi) is 10.8. The molecule has 10 heteroatoms. The van der Waals surface area contributed by atoms with Crippen LogP contribution in [0, 0.1) is 6.92 Å². The summed E-state index contributed by atoms with van der Waals surface area (Å²) in [6, 6.07) is 20.5. The zero-order valence-corrected chi connectivity index (χ0v) is 24.6. The van der Waals surface area contributed by atoms with E-state index in [1.54, 1.807) is 0 Å². The molecule has 7 nitrogen and oxygen atoms in total. The number of anilines is 1. The third-order valence-corrected chi connectivity index (χ3v) is 7.65. The number of benzene rings is 3. The number of hydrogen-bond donors (Lipinski definition) is 1. The zero-order valence-electron chi connectivity index (χ0n) is 22.2. The summed E-state index contributed by atoms with van der Waals surface area (Å²) in [5.74, 6) is -0.843. The number of rotatable bonds is 12. The fourth-order valence-corrected chi connectivity index (χ4v) is 5.57. The lowest BCUT2D eigenvalue weighted by Gasteiger charge is -2.33. The van der Waals surface area contributed by atoms with Gasteiger partial charge in [-0.25, -0.2) is 8.42 Å². The van der Waals surface area contributed by atoms with Gasteiger partial charge < -0.3 is 10.2 Å². The Hall–Kier alpha value is -3.07. The highest BCUT2D eigenvalue weighted by molar-refractivity contribution is 7.92. The Morgan fingerprint density at radius 1 is 0.923 bits per heavy atom. The van der Waals surface area contributed by atoms with Gasteiger partial charge in [-0.2, -0.15) is 0 Å². The van der Waals surface area contributed by atoms with E-state index < -0.39 is 28.5 Å². The minimum Gasteiger partial charge on any atom is -0.354 e. The molecule has 0 saturated heterocycles. The maximum atomic E-state index is 14.0. The van der Waals surface area contributed by atoms with Crippen molar-refractivity contribution in [1.29, 1.82) is 0 Å². The minimum absolute atomic E-state index is 0.117. The fraction of sp³-hybridized carbons (Fsp3) is 0.310. The Morgan fingerprint density at radius 2 is 1.56 bits per heavy atom. The summed E-state index contributed by atoms with van der Waals surface area (Å²) in [7, 11) is -3.91. The quantitative estimate of drug-likeness (QED) is 0.313. The molecule has 0 aliphatic heterocycles. The van der Waals surface area contributed by atoms with Gasteiger partial charge in [0, 0.05) is 29.6 Å². The molecule has 0 aromatic heterocycles. The summed E-state index contributed by atoms with van der Waals surface area (Å²) in [5.41, 5.74) is 2.86. The molecule has 0 fully saturated rings. The lowest BCUT2D eigenvalue weighted by molar-refractivity contribution is -0.140. The van der Waals surface area contributed by atoms with Crippen molar-refractivity contribution in [2.45, 2.75) is 39.3 Å². The average Bonchev–Trinajstić information content (AvgIpc) is 2.87. The number of amides is 2. The molecule has 39 heavy (non-hydrogen) atoms. The first kappa shape index (κ1) is 30.5. The van der Waals surface area contributed by atoms with Crippen LogP contribution in [0.1, 0.15) is 30.0 Å². The first-order chi connectivity index (χ1) is 18.5. The molecule has 0 unspecified atom stereocenters. The van der Waals surface area contributed by atoms with Gasteiger partial charge in [0.15, 0.2) is 0 Å². The molecule has 0 spiro atoms. The molecule has 3 rings (SSSR count). The van der Waals surface area contributed by atoms with Gasteiger partial charge in [-0.05, 0) is 42.7 Å². The summed E-state index contributed by atoms with van der Waals surface area (Å²) < 4.78 is 26.6. The lowest BCUT2D eigenvalue weighted by atomic mass is 10.0. The molecule has 2 amide bonds. The van der Waals surface area contributed by atoms with E-state index >= 15 is 0 Å². The average molecular weight is 591 g/mol. The summed E-state index contributed by atoms with van der Waals surface area (Å²) in [6.07, 6.45) is 2.00. The molecule has 3 aromatic carbocycles. The van der Waals surface area contributed by atoms with E-state index in [1.165, 1.54) is 23.1 Å². The van der Waals surface area contributed by atoms with Crippen LogP contribution in [0.25, 0.3) is 0 Å². The molecule has 0 bridgehead atoms. The summed E-state index contributed by atoms with van der Waals surface area (Å²) in [5, 5.41) is 3.38. The van der Waals surface area contributed by atoms with Crippen LogP contribution in [-0.4, -0.2) is 50.5 Å². The Labute approximate surface area is 240 Å². The van der Waals surface area contributed by atoms with Crippen molar-refractivity contribution >= 4 is 50.7 Å². The summed E-state index contributed by atoms with van der Waals surface area (Å²) >= 11 is 12.3. The van der Waals surface area contributed by atoms with Crippen molar-refractivity contribution in [3.8, 4) is 0 Å². The van der Waals surface area contributed by atoms with Crippen molar-refractivity contribution in [1.82, 2.24) is 10.2 Å². The van der Waals surface area contributed by atoms with Gasteiger partial charge in [-0.3, -0.25) is 13.9 Å². The van der Waals surface area contributed by atoms with Gasteiger partial charge in [-0.1, -0.05) is 90.3 Å². The van der Waals surface area contributed by atoms with Crippen molar-refractivity contribution in [3.63, 3.8) is 0 Å². The van der Waals surface area contributed by atoms with Gasteiger partial charge in [-0.15, -0.1) is 0 Å². The van der Waals surface area contributed by atoms with E-state index in [0.717, 1.165) is 33.7 Å². The number of carbonyl (C=O) groups excluding carboxylic acids is 2. The molecule has 0 aliphatic carbocycles. The first-order valence-electron chi connectivity index (χ1n) is 12.6. The third kappa shape index (κ3) is 8.98. The molecule has 208 valence electrons. The Balaban J connectivity index is 2.06. The highest BCUT2D eigenvalue weighted by Crippen LogP contribution is 2.27. The predicted octanol–water partition coefficient (Wildman–Crippen LogP) is 5.23. The largest absolute Gasteiger partial charge is 0.354 e.